The zero-order valence-electron chi connectivity index (χ0n) is 12.5. The van der Waals surface area contributed by atoms with Crippen LogP contribution in [0, 0.1) is 0 Å². The molecule has 0 aromatic carbocycles. The summed E-state index contributed by atoms with van der Waals surface area (Å²) in [7, 11) is 0. The molecule has 0 spiro atoms. The summed E-state index contributed by atoms with van der Waals surface area (Å²) in [4.78, 5) is 46.6. The van der Waals surface area contributed by atoms with Crippen LogP contribution in [-0.2, 0) is 23.8 Å². The number of amides is 2. The van der Waals surface area contributed by atoms with Crippen molar-refractivity contribution in [3.8, 4) is 0 Å². The van der Waals surface area contributed by atoms with E-state index in [2.05, 4.69) is 4.74 Å². The number of hydrogen-bond donors (Lipinski definition) is 1. The van der Waals surface area contributed by atoms with Gasteiger partial charge in [0.25, 0.3) is 0 Å². The molecule has 0 radical (unpaired) electrons. The van der Waals surface area contributed by atoms with Gasteiger partial charge >= 0.3 is 18.2 Å². The normalized spacial score (nSPS) is 11.0. The number of Topliss-reactive ketones (excluding diaryl/α,β-unsaturated/α-hetero) is 1. The Morgan fingerprint density at radius 1 is 0.952 bits per heavy atom. The lowest BCUT2D eigenvalue weighted by atomic mass is 10.2. The fourth-order valence-electron chi connectivity index (χ4n) is 1.34. The molecule has 120 valence electrons. The van der Waals surface area contributed by atoms with E-state index in [1.807, 2.05) is 5.43 Å². The molecule has 0 aliphatic carbocycles. The third-order valence-corrected chi connectivity index (χ3v) is 2.10. The summed E-state index contributed by atoms with van der Waals surface area (Å²) in [5.74, 6) is -1.67. The van der Waals surface area contributed by atoms with Crippen LogP contribution < -0.4 is 5.43 Å². The predicted molar refractivity (Wildman–Crippen MR) is 70.1 cm³/mol. The number of hydrogen-bond acceptors (Lipinski definition) is 7. The summed E-state index contributed by atoms with van der Waals surface area (Å²) in [5, 5.41) is 0.460. The Hall–Kier alpha value is -2.32. The first-order valence-corrected chi connectivity index (χ1v) is 6.45. The summed E-state index contributed by atoms with van der Waals surface area (Å²) in [6.07, 6.45) is -2.07. The molecule has 0 rings (SSSR count). The first-order valence-electron chi connectivity index (χ1n) is 6.45. The smallest absolute Gasteiger partial charge is 0.430 e. The molecule has 0 fully saturated rings. The molecule has 0 saturated heterocycles. The van der Waals surface area contributed by atoms with E-state index in [-0.39, 0.29) is 19.8 Å². The van der Waals surface area contributed by atoms with Crippen LogP contribution in [0.2, 0.25) is 0 Å². The van der Waals surface area contributed by atoms with E-state index in [0.717, 1.165) is 6.92 Å². The van der Waals surface area contributed by atoms with E-state index < -0.39 is 30.0 Å². The molecule has 1 atom stereocenters. The van der Waals surface area contributed by atoms with Crippen LogP contribution in [0.25, 0.3) is 0 Å². The van der Waals surface area contributed by atoms with Gasteiger partial charge in [0, 0.05) is 0 Å². The maximum atomic E-state index is 11.8. The van der Waals surface area contributed by atoms with Crippen molar-refractivity contribution in [3.63, 3.8) is 0 Å². The minimum Gasteiger partial charge on any atom is -0.464 e. The average Bonchev–Trinajstić information content (AvgIpc) is 2.38. The van der Waals surface area contributed by atoms with Crippen molar-refractivity contribution in [2.45, 2.75) is 33.7 Å². The molecule has 21 heavy (non-hydrogen) atoms. The Kier molecular flexibility index (Phi) is 8.51. The molecule has 0 aromatic heterocycles. The van der Waals surface area contributed by atoms with Crippen molar-refractivity contribution in [1.29, 1.82) is 0 Å². The highest BCUT2D eigenvalue weighted by Crippen LogP contribution is 2.05. The number of nitrogens with one attached hydrogen (secondary N) is 1. The number of carbonyl (C=O) groups is 4. The summed E-state index contributed by atoms with van der Waals surface area (Å²) >= 11 is 0. The van der Waals surface area contributed by atoms with Gasteiger partial charge in [-0.25, -0.2) is 19.8 Å². The van der Waals surface area contributed by atoms with Gasteiger partial charge in [0.1, 0.15) is 0 Å². The van der Waals surface area contributed by atoms with Gasteiger partial charge in [0.15, 0.2) is 5.78 Å². The summed E-state index contributed by atoms with van der Waals surface area (Å²) in [5.41, 5.74) is 2.00. The molecular formula is C12H20N2O7. The van der Waals surface area contributed by atoms with E-state index in [0.29, 0.717) is 5.01 Å². The maximum absolute atomic E-state index is 11.8. The lowest BCUT2D eigenvalue weighted by Gasteiger charge is -2.27. The molecule has 0 aliphatic heterocycles. The van der Waals surface area contributed by atoms with Crippen LogP contribution in [0.4, 0.5) is 9.59 Å². The molecule has 2 amide bonds. The van der Waals surface area contributed by atoms with Crippen LogP contribution in [0.15, 0.2) is 0 Å². The highest BCUT2D eigenvalue weighted by molar-refractivity contribution is 6.04. The van der Waals surface area contributed by atoms with E-state index in [4.69, 9.17) is 9.47 Å². The lowest BCUT2D eigenvalue weighted by molar-refractivity contribution is -0.153. The van der Waals surface area contributed by atoms with Crippen molar-refractivity contribution < 1.29 is 33.4 Å². The van der Waals surface area contributed by atoms with Crippen LogP contribution in [0.1, 0.15) is 27.7 Å². The second-order valence-electron chi connectivity index (χ2n) is 3.67. The molecule has 9 heteroatoms. The van der Waals surface area contributed by atoms with Crippen LogP contribution >= 0.6 is 0 Å². The van der Waals surface area contributed by atoms with Gasteiger partial charge in [0.05, 0.1) is 19.8 Å². The quantitative estimate of drug-likeness (QED) is 0.331. The van der Waals surface area contributed by atoms with Crippen molar-refractivity contribution >= 4 is 23.9 Å². The minimum atomic E-state index is -1.64. The molecule has 0 saturated carbocycles. The zero-order chi connectivity index (χ0) is 16.4. The molecule has 1 unspecified atom stereocenters. The van der Waals surface area contributed by atoms with Gasteiger partial charge in [0.2, 0.25) is 6.04 Å². The van der Waals surface area contributed by atoms with Crippen LogP contribution in [0.3, 0.4) is 0 Å². The highest BCUT2D eigenvalue weighted by Gasteiger charge is 2.37. The monoisotopic (exact) mass is 304 g/mol. The zero-order valence-corrected chi connectivity index (χ0v) is 12.5. The third-order valence-electron chi connectivity index (χ3n) is 2.10. The highest BCUT2D eigenvalue weighted by atomic mass is 16.6. The van der Waals surface area contributed by atoms with E-state index in [9.17, 15) is 19.2 Å². The number of hydrazine groups is 1. The number of nitrogens with zero attached hydrogens (tertiary/aromatic N) is 1. The largest absolute Gasteiger partial charge is 0.464 e. The molecule has 0 aromatic rings. The molecule has 0 aliphatic rings. The van der Waals surface area contributed by atoms with E-state index in [1.54, 1.807) is 13.8 Å². The molecule has 0 bridgehead atoms. The Balaban J connectivity index is 5.28. The fourth-order valence-corrected chi connectivity index (χ4v) is 1.34. The average molecular weight is 304 g/mol. The maximum Gasteiger partial charge on any atom is 0.430 e. The topological polar surface area (TPSA) is 111 Å². The summed E-state index contributed by atoms with van der Waals surface area (Å²) in [6.45, 7) is 5.78. The number of rotatable bonds is 6. The minimum absolute atomic E-state index is 0.00666. The molecule has 9 nitrogen and oxygen atoms in total. The third kappa shape index (κ3) is 6.11. The van der Waals surface area contributed by atoms with Crippen molar-refractivity contribution in [2.24, 2.45) is 0 Å². The van der Waals surface area contributed by atoms with E-state index >= 15 is 0 Å². The summed E-state index contributed by atoms with van der Waals surface area (Å²) in [6, 6.07) is -1.64. The number of esters is 1. The molecule has 0 heterocycles. The van der Waals surface area contributed by atoms with Crippen molar-refractivity contribution in [1.82, 2.24) is 10.4 Å². The Morgan fingerprint density at radius 2 is 1.48 bits per heavy atom. The number of carbonyl (C=O) groups excluding carboxylic acids is 4. The van der Waals surface area contributed by atoms with Crippen LogP contribution in [0.5, 0.6) is 0 Å². The SMILES string of the molecule is CCOC(=O)NN(C(=O)OCC)C(C(C)=O)C(=O)OCC. The van der Waals surface area contributed by atoms with Crippen LogP contribution in [-0.4, -0.2) is 54.8 Å². The Morgan fingerprint density at radius 3 is 1.90 bits per heavy atom. The fraction of sp³-hybridized carbons (Fsp3) is 0.667. The van der Waals surface area contributed by atoms with Gasteiger partial charge in [-0.3, -0.25) is 4.79 Å². The second kappa shape index (κ2) is 9.56. The molecular weight excluding hydrogens is 284 g/mol. The van der Waals surface area contributed by atoms with Crippen molar-refractivity contribution in [2.75, 3.05) is 19.8 Å². The van der Waals surface area contributed by atoms with Crippen molar-refractivity contribution in [3.05, 3.63) is 0 Å². The predicted octanol–water partition coefficient (Wildman–Crippen LogP) is 0.627. The lowest BCUT2D eigenvalue weighted by Crippen LogP contribution is -2.58. The second-order valence-corrected chi connectivity index (χ2v) is 3.67. The Labute approximate surface area is 122 Å². The standard InChI is InChI=1S/C12H20N2O7/c1-5-19-10(16)9(8(4)15)14(12(18)21-7-3)13-11(17)20-6-2/h9H,5-7H2,1-4H3,(H,13,17). The van der Waals surface area contributed by atoms with Gasteiger partial charge in [-0.15, -0.1) is 0 Å². The van der Waals surface area contributed by atoms with Gasteiger partial charge in [-0.1, -0.05) is 0 Å². The van der Waals surface area contributed by atoms with Gasteiger partial charge in [-0.2, -0.15) is 5.01 Å². The van der Waals surface area contributed by atoms with Gasteiger partial charge < -0.3 is 14.2 Å². The summed E-state index contributed by atoms with van der Waals surface area (Å²) < 4.78 is 14.0. The van der Waals surface area contributed by atoms with E-state index in [1.165, 1.54) is 6.92 Å². The number of ether oxygens (including phenoxy) is 3. The van der Waals surface area contributed by atoms with Gasteiger partial charge in [-0.05, 0) is 27.7 Å². The Bertz CT molecular complexity index is 397. The number of ketones is 1. The first kappa shape index (κ1) is 18.7. The first-order chi connectivity index (χ1) is 9.88. The molecule has 1 N–H and O–H groups in total.